The lowest BCUT2D eigenvalue weighted by atomic mass is 10.0. The Bertz CT molecular complexity index is 1360. The summed E-state index contributed by atoms with van der Waals surface area (Å²) in [6.45, 7) is 6.66. The van der Waals surface area contributed by atoms with Crippen molar-refractivity contribution < 1.29 is 28.6 Å². The summed E-state index contributed by atoms with van der Waals surface area (Å²) < 4.78 is 17.0. The molecule has 1 atom stereocenters. The van der Waals surface area contributed by atoms with Gasteiger partial charge in [0.05, 0.1) is 0 Å². The topological polar surface area (TPSA) is 78.9 Å². The lowest BCUT2D eigenvalue weighted by Crippen LogP contribution is -2.30. The van der Waals surface area contributed by atoms with E-state index in [0.29, 0.717) is 19.3 Å². The Hall–Kier alpha value is -2.63. The van der Waals surface area contributed by atoms with E-state index in [-0.39, 0.29) is 31.1 Å². The molecule has 0 aliphatic heterocycles. The second kappa shape index (κ2) is 67.9. The summed E-state index contributed by atoms with van der Waals surface area (Å²) in [7, 11) is 0. The van der Waals surface area contributed by atoms with E-state index in [1.54, 1.807) is 0 Å². The minimum atomic E-state index is -0.778. The van der Waals surface area contributed by atoms with Gasteiger partial charge in [-0.05, 0) is 83.5 Å². The van der Waals surface area contributed by atoms with Gasteiger partial charge in [0, 0.05) is 19.3 Å². The number of esters is 3. The lowest BCUT2D eigenvalue weighted by Gasteiger charge is -2.18. The maximum Gasteiger partial charge on any atom is 0.306 e. The highest BCUT2D eigenvalue weighted by Crippen LogP contribution is 2.18. The molecule has 0 bridgehead atoms. The SMILES string of the molecule is CCCCC/C=C\C/C=C\CCCCCCCC(=O)OCC(COC(=O)CCCCCCCCCCCCCCC/C=C\C/C=C\CCCCCCC)OC(=O)CCCCCCCCCCCCCCCCCCCCCCC. The quantitative estimate of drug-likeness (QED) is 0.0261. The van der Waals surface area contributed by atoms with Crippen LogP contribution in [0.1, 0.15) is 380 Å². The Balaban J connectivity index is 4.28. The number of unbranched alkanes of at least 4 members (excludes halogenated alkanes) is 46. The smallest absolute Gasteiger partial charge is 0.306 e. The summed E-state index contributed by atoms with van der Waals surface area (Å²) in [5.41, 5.74) is 0. The Morgan fingerprint density at radius 1 is 0.253 bits per heavy atom. The van der Waals surface area contributed by atoms with Crippen LogP contribution >= 0.6 is 0 Å². The molecule has 0 N–H and O–H groups in total. The van der Waals surface area contributed by atoms with Gasteiger partial charge in [-0.3, -0.25) is 14.4 Å². The molecule has 0 aromatic heterocycles. The van der Waals surface area contributed by atoms with Crippen LogP contribution in [-0.2, 0) is 28.6 Å². The fourth-order valence-electron chi connectivity index (χ4n) is 10.5. The van der Waals surface area contributed by atoms with Crippen molar-refractivity contribution in [2.45, 2.75) is 386 Å². The van der Waals surface area contributed by atoms with E-state index < -0.39 is 6.10 Å². The van der Waals surface area contributed by atoms with Gasteiger partial charge in [-0.15, -0.1) is 0 Å². The fraction of sp³-hybridized carbons (Fsp3) is 0.849. The van der Waals surface area contributed by atoms with Gasteiger partial charge < -0.3 is 14.2 Å². The van der Waals surface area contributed by atoms with Gasteiger partial charge >= 0.3 is 17.9 Å². The van der Waals surface area contributed by atoms with Crippen LogP contribution in [0.15, 0.2) is 48.6 Å². The van der Waals surface area contributed by atoms with Crippen LogP contribution in [0.25, 0.3) is 0 Å². The lowest BCUT2D eigenvalue weighted by molar-refractivity contribution is -0.167. The third-order valence-corrected chi connectivity index (χ3v) is 15.8. The summed E-state index contributed by atoms with van der Waals surface area (Å²) in [4.78, 5) is 38.4. The van der Waals surface area contributed by atoms with E-state index in [0.717, 1.165) is 83.5 Å². The highest BCUT2D eigenvalue weighted by atomic mass is 16.6. The molecular formula is C73H134O6. The zero-order valence-electron chi connectivity index (χ0n) is 53.2. The molecule has 0 spiro atoms. The van der Waals surface area contributed by atoms with E-state index in [1.165, 1.54) is 257 Å². The molecule has 0 heterocycles. The molecule has 0 aliphatic carbocycles. The second-order valence-electron chi connectivity index (χ2n) is 23.8. The zero-order chi connectivity index (χ0) is 57.1. The van der Waals surface area contributed by atoms with E-state index in [1.807, 2.05) is 0 Å². The molecule has 6 heteroatoms. The molecule has 0 aromatic rings. The summed E-state index contributed by atoms with van der Waals surface area (Å²) in [6.07, 6.45) is 85.6. The van der Waals surface area contributed by atoms with Crippen LogP contribution in [0.4, 0.5) is 0 Å². The van der Waals surface area contributed by atoms with Crippen LogP contribution in [-0.4, -0.2) is 37.2 Å². The number of hydrogen-bond acceptors (Lipinski definition) is 6. The van der Waals surface area contributed by atoms with Crippen LogP contribution in [0.5, 0.6) is 0 Å². The van der Waals surface area contributed by atoms with Crippen molar-refractivity contribution in [3.8, 4) is 0 Å². The first-order chi connectivity index (χ1) is 39.0. The van der Waals surface area contributed by atoms with Crippen molar-refractivity contribution >= 4 is 17.9 Å². The molecule has 0 saturated carbocycles. The summed E-state index contributed by atoms with van der Waals surface area (Å²) in [5, 5.41) is 0. The molecule has 462 valence electrons. The molecule has 0 aliphatic rings. The molecule has 0 rings (SSSR count). The van der Waals surface area contributed by atoms with E-state index in [4.69, 9.17) is 14.2 Å². The number of carbonyl (C=O) groups excluding carboxylic acids is 3. The molecule has 0 amide bonds. The minimum Gasteiger partial charge on any atom is -0.462 e. The molecule has 0 aromatic carbocycles. The van der Waals surface area contributed by atoms with Crippen molar-refractivity contribution in [3.63, 3.8) is 0 Å². The molecule has 1 unspecified atom stereocenters. The summed E-state index contributed by atoms with van der Waals surface area (Å²) in [5.74, 6) is -0.862. The predicted molar refractivity (Wildman–Crippen MR) is 344 cm³/mol. The van der Waals surface area contributed by atoms with Crippen LogP contribution in [0.3, 0.4) is 0 Å². The monoisotopic (exact) mass is 1110 g/mol. The van der Waals surface area contributed by atoms with E-state index >= 15 is 0 Å². The normalized spacial score (nSPS) is 12.3. The fourth-order valence-corrected chi connectivity index (χ4v) is 10.5. The van der Waals surface area contributed by atoms with Gasteiger partial charge in [0.1, 0.15) is 13.2 Å². The largest absolute Gasteiger partial charge is 0.462 e. The van der Waals surface area contributed by atoms with E-state index in [9.17, 15) is 14.4 Å². The molecular weight excluding hydrogens is 973 g/mol. The summed E-state index contributed by atoms with van der Waals surface area (Å²) >= 11 is 0. The number of ether oxygens (including phenoxy) is 3. The van der Waals surface area contributed by atoms with Gasteiger partial charge in [0.25, 0.3) is 0 Å². The minimum absolute atomic E-state index is 0.0738. The number of rotatable bonds is 65. The Morgan fingerprint density at radius 2 is 0.456 bits per heavy atom. The predicted octanol–water partition coefficient (Wildman–Crippen LogP) is 24.1. The van der Waals surface area contributed by atoms with Gasteiger partial charge in [-0.1, -0.05) is 326 Å². The average molecular weight is 1110 g/mol. The standard InChI is InChI=1S/C73H134O6/c1-4-7-10-13-16-19-22-25-28-30-32-34-35-36-37-39-40-42-45-48-51-54-57-60-63-66-72(75)78-69-70(68-77-71(74)65-62-59-56-53-50-47-44-27-24-21-18-15-12-9-6-3)79-73(76)67-64-61-58-55-52-49-46-43-41-38-33-31-29-26-23-20-17-14-11-8-5-2/h18,21-22,25,27,30,32,44,70H,4-17,19-20,23-24,26,28-29,31,33-43,45-69H2,1-3H3/b21-18-,25-22-,32-30-,44-27-. The van der Waals surface area contributed by atoms with Gasteiger partial charge in [-0.2, -0.15) is 0 Å². The third-order valence-electron chi connectivity index (χ3n) is 15.8. The molecule has 6 nitrogen and oxygen atoms in total. The van der Waals surface area contributed by atoms with Crippen molar-refractivity contribution in [2.75, 3.05) is 13.2 Å². The van der Waals surface area contributed by atoms with Gasteiger partial charge in [-0.25, -0.2) is 0 Å². The Labute approximate surface area is 492 Å². The van der Waals surface area contributed by atoms with Crippen molar-refractivity contribution in [2.24, 2.45) is 0 Å². The maximum absolute atomic E-state index is 13.0. The molecule has 0 saturated heterocycles. The Morgan fingerprint density at radius 3 is 0.722 bits per heavy atom. The number of carbonyl (C=O) groups is 3. The average Bonchev–Trinajstić information content (AvgIpc) is 3.45. The third kappa shape index (κ3) is 66.1. The molecule has 0 radical (unpaired) electrons. The highest BCUT2D eigenvalue weighted by Gasteiger charge is 2.19. The number of hydrogen-bond donors (Lipinski definition) is 0. The van der Waals surface area contributed by atoms with Crippen LogP contribution < -0.4 is 0 Å². The van der Waals surface area contributed by atoms with E-state index in [2.05, 4.69) is 69.4 Å². The molecule has 0 fully saturated rings. The van der Waals surface area contributed by atoms with Crippen molar-refractivity contribution in [1.82, 2.24) is 0 Å². The maximum atomic E-state index is 13.0. The van der Waals surface area contributed by atoms with Crippen molar-refractivity contribution in [1.29, 1.82) is 0 Å². The van der Waals surface area contributed by atoms with Crippen molar-refractivity contribution in [3.05, 3.63) is 48.6 Å². The zero-order valence-corrected chi connectivity index (χ0v) is 53.2. The Kier molecular flexibility index (Phi) is 65.6. The summed E-state index contributed by atoms with van der Waals surface area (Å²) in [6, 6.07) is 0. The van der Waals surface area contributed by atoms with Gasteiger partial charge in [0.15, 0.2) is 6.10 Å². The van der Waals surface area contributed by atoms with Crippen LogP contribution in [0, 0.1) is 0 Å². The van der Waals surface area contributed by atoms with Crippen LogP contribution in [0.2, 0.25) is 0 Å². The highest BCUT2D eigenvalue weighted by molar-refractivity contribution is 5.71. The first kappa shape index (κ1) is 76.4. The first-order valence-electron chi connectivity index (χ1n) is 35.1. The molecule has 79 heavy (non-hydrogen) atoms. The van der Waals surface area contributed by atoms with Gasteiger partial charge in [0.2, 0.25) is 0 Å². The first-order valence-corrected chi connectivity index (χ1v) is 35.1. The second-order valence-corrected chi connectivity index (χ2v) is 23.8. The number of allylic oxidation sites excluding steroid dienone is 8.